The third-order valence-electron chi connectivity index (χ3n) is 2.36. The Morgan fingerprint density at radius 2 is 2.25 bits per heavy atom. The van der Waals surface area contributed by atoms with E-state index in [4.69, 9.17) is 5.73 Å². The molecular weight excluding hydrogens is 268 g/mol. The molecule has 84 valence electrons. The Balaban J connectivity index is 2.31. The number of hydrogen-bond donors (Lipinski definition) is 1. The third-order valence-corrected chi connectivity index (χ3v) is 3.22. The van der Waals surface area contributed by atoms with Crippen LogP contribution in [0.5, 0.6) is 0 Å². The first-order valence-electron chi connectivity index (χ1n) is 5.08. The Labute approximate surface area is 103 Å². The maximum atomic E-state index is 5.47. The number of rotatable bonds is 3. The molecule has 0 fully saturated rings. The van der Waals surface area contributed by atoms with Crippen LogP contribution in [0.15, 0.2) is 28.9 Å². The van der Waals surface area contributed by atoms with Gasteiger partial charge in [0.05, 0.1) is 17.6 Å². The monoisotopic (exact) mass is 280 g/mol. The Kier molecular flexibility index (Phi) is 3.36. The van der Waals surface area contributed by atoms with Gasteiger partial charge in [-0.2, -0.15) is 0 Å². The number of hydrogen-bond acceptors (Lipinski definition) is 3. The van der Waals surface area contributed by atoms with Gasteiger partial charge in [0.25, 0.3) is 0 Å². The second-order valence-electron chi connectivity index (χ2n) is 3.63. The first-order valence-corrected chi connectivity index (χ1v) is 5.88. The molecule has 0 spiro atoms. The van der Waals surface area contributed by atoms with Crippen LogP contribution >= 0.6 is 15.9 Å². The van der Waals surface area contributed by atoms with E-state index in [0.29, 0.717) is 6.54 Å². The van der Waals surface area contributed by atoms with E-state index in [1.807, 2.05) is 24.4 Å². The van der Waals surface area contributed by atoms with Gasteiger partial charge in [-0.05, 0) is 31.2 Å². The second kappa shape index (κ2) is 4.76. The summed E-state index contributed by atoms with van der Waals surface area (Å²) < 4.78 is 2.83. The Morgan fingerprint density at radius 1 is 1.44 bits per heavy atom. The minimum atomic E-state index is 0.594. The maximum absolute atomic E-state index is 5.47. The van der Waals surface area contributed by atoms with E-state index in [0.717, 1.165) is 22.3 Å². The second-order valence-corrected chi connectivity index (χ2v) is 4.48. The highest BCUT2D eigenvalue weighted by Gasteiger charge is 2.03. The fourth-order valence-corrected chi connectivity index (χ4v) is 1.78. The van der Waals surface area contributed by atoms with Gasteiger partial charge >= 0.3 is 0 Å². The van der Waals surface area contributed by atoms with Crippen LogP contribution in [0.3, 0.4) is 0 Å². The predicted octanol–water partition coefficient (Wildman–Crippen LogP) is 1.84. The molecule has 1 aromatic carbocycles. The molecule has 0 atom stereocenters. The summed E-state index contributed by atoms with van der Waals surface area (Å²) in [6.07, 6.45) is 2.66. The van der Waals surface area contributed by atoms with Crippen LogP contribution in [0.4, 0.5) is 0 Å². The van der Waals surface area contributed by atoms with Crippen molar-refractivity contribution in [3.8, 4) is 5.69 Å². The van der Waals surface area contributed by atoms with Crippen LogP contribution in [0.1, 0.15) is 11.3 Å². The summed E-state index contributed by atoms with van der Waals surface area (Å²) in [5.74, 6) is 0. The number of aromatic nitrogens is 3. The number of nitrogens with zero attached hydrogens (tertiary/aromatic N) is 3. The van der Waals surface area contributed by atoms with Crippen LogP contribution in [-0.4, -0.2) is 21.5 Å². The molecule has 0 saturated carbocycles. The zero-order valence-corrected chi connectivity index (χ0v) is 10.6. The van der Waals surface area contributed by atoms with Crippen LogP contribution in [0, 0.1) is 6.92 Å². The molecule has 0 saturated heterocycles. The highest BCUT2D eigenvalue weighted by Crippen LogP contribution is 2.19. The van der Waals surface area contributed by atoms with E-state index in [1.54, 1.807) is 4.68 Å². The highest BCUT2D eigenvalue weighted by molar-refractivity contribution is 9.10. The van der Waals surface area contributed by atoms with Crippen molar-refractivity contribution in [3.63, 3.8) is 0 Å². The molecule has 0 aliphatic heterocycles. The molecule has 2 aromatic rings. The van der Waals surface area contributed by atoms with Crippen LogP contribution in [-0.2, 0) is 6.42 Å². The van der Waals surface area contributed by atoms with Gasteiger partial charge in [-0.3, -0.25) is 0 Å². The minimum absolute atomic E-state index is 0.594. The molecule has 5 heteroatoms. The molecule has 0 aliphatic rings. The van der Waals surface area contributed by atoms with Crippen molar-refractivity contribution in [2.45, 2.75) is 13.3 Å². The molecule has 2 rings (SSSR count). The van der Waals surface area contributed by atoms with Gasteiger partial charge in [-0.25, -0.2) is 4.68 Å². The van der Waals surface area contributed by atoms with E-state index in [1.165, 1.54) is 5.56 Å². The average molecular weight is 281 g/mol. The Morgan fingerprint density at radius 3 is 2.94 bits per heavy atom. The first-order chi connectivity index (χ1) is 7.70. The predicted molar refractivity (Wildman–Crippen MR) is 66.6 cm³/mol. The minimum Gasteiger partial charge on any atom is -0.330 e. The molecule has 1 heterocycles. The lowest BCUT2D eigenvalue weighted by Gasteiger charge is -2.02. The zero-order chi connectivity index (χ0) is 11.5. The lowest BCUT2D eigenvalue weighted by molar-refractivity contribution is 0.794. The fraction of sp³-hybridized carbons (Fsp3) is 0.273. The number of nitrogens with two attached hydrogens (primary N) is 1. The number of benzene rings is 1. The van der Waals surface area contributed by atoms with E-state index in [-0.39, 0.29) is 0 Å². The highest BCUT2D eigenvalue weighted by atomic mass is 79.9. The molecule has 0 aliphatic carbocycles. The topological polar surface area (TPSA) is 56.7 Å². The lowest BCUT2D eigenvalue weighted by Crippen LogP contribution is -2.02. The van der Waals surface area contributed by atoms with Gasteiger partial charge in [-0.15, -0.1) is 5.10 Å². The standard InChI is InChI=1S/C11H13BrN4/c1-8-2-3-10(6-11(8)12)16-7-9(4-5-13)14-15-16/h2-3,6-7H,4-5,13H2,1H3. The summed E-state index contributed by atoms with van der Waals surface area (Å²) in [4.78, 5) is 0. The summed E-state index contributed by atoms with van der Waals surface area (Å²) in [5, 5.41) is 8.12. The van der Waals surface area contributed by atoms with Gasteiger partial charge in [0, 0.05) is 10.9 Å². The quantitative estimate of drug-likeness (QED) is 0.934. The largest absolute Gasteiger partial charge is 0.330 e. The van der Waals surface area contributed by atoms with Crippen molar-refractivity contribution in [2.24, 2.45) is 5.73 Å². The van der Waals surface area contributed by atoms with Crippen molar-refractivity contribution in [3.05, 3.63) is 40.1 Å². The lowest BCUT2D eigenvalue weighted by atomic mass is 10.2. The molecule has 4 nitrogen and oxygen atoms in total. The molecule has 0 radical (unpaired) electrons. The van der Waals surface area contributed by atoms with Gasteiger partial charge in [0.1, 0.15) is 0 Å². The summed E-state index contributed by atoms with van der Waals surface area (Å²) in [5.41, 5.74) is 8.58. The van der Waals surface area contributed by atoms with Crippen LogP contribution in [0.2, 0.25) is 0 Å². The van der Waals surface area contributed by atoms with E-state index in [9.17, 15) is 0 Å². The van der Waals surface area contributed by atoms with Gasteiger partial charge in [0.2, 0.25) is 0 Å². The smallest absolute Gasteiger partial charge is 0.0844 e. The molecule has 0 amide bonds. The fourth-order valence-electron chi connectivity index (χ4n) is 1.41. The maximum Gasteiger partial charge on any atom is 0.0844 e. The van der Waals surface area contributed by atoms with Crippen molar-refractivity contribution >= 4 is 15.9 Å². The van der Waals surface area contributed by atoms with E-state index < -0.39 is 0 Å². The zero-order valence-electron chi connectivity index (χ0n) is 9.02. The van der Waals surface area contributed by atoms with Crippen molar-refractivity contribution in [1.29, 1.82) is 0 Å². The molecule has 0 unspecified atom stereocenters. The van der Waals surface area contributed by atoms with Crippen molar-refractivity contribution < 1.29 is 0 Å². The Bertz CT molecular complexity index is 492. The van der Waals surface area contributed by atoms with Gasteiger partial charge < -0.3 is 5.73 Å². The summed E-state index contributed by atoms with van der Waals surface area (Å²) in [6, 6.07) is 6.08. The average Bonchev–Trinajstić information content (AvgIpc) is 2.71. The van der Waals surface area contributed by atoms with Crippen molar-refractivity contribution in [2.75, 3.05) is 6.54 Å². The third kappa shape index (κ3) is 2.31. The van der Waals surface area contributed by atoms with E-state index in [2.05, 4.69) is 33.2 Å². The van der Waals surface area contributed by atoms with Crippen LogP contribution < -0.4 is 5.73 Å². The van der Waals surface area contributed by atoms with Crippen molar-refractivity contribution in [1.82, 2.24) is 15.0 Å². The molecule has 16 heavy (non-hydrogen) atoms. The number of halogens is 1. The van der Waals surface area contributed by atoms with Gasteiger partial charge in [-0.1, -0.05) is 27.2 Å². The van der Waals surface area contributed by atoms with E-state index >= 15 is 0 Å². The molecule has 1 aromatic heterocycles. The number of aryl methyl sites for hydroxylation is 1. The summed E-state index contributed by atoms with van der Waals surface area (Å²) in [7, 11) is 0. The summed E-state index contributed by atoms with van der Waals surface area (Å²) >= 11 is 3.50. The molecule has 2 N–H and O–H groups in total. The van der Waals surface area contributed by atoms with Gasteiger partial charge in [0.15, 0.2) is 0 Å². The SMILES string of the molecule is Cc1ccc(-n2cc(CCN)nn2)cc1Br. The molecule has 0 bridgehead atoms. The molecular formula is C11H13BrN4. The van der Waals surface area contributed by atoms with Crippen LogP contribution in [0.25, 0.3) is 5.69 Å². The Hall–Kier alpha value is -1.20. The normalized spacial score (nSPS) is 10.7. The summed E-state index contributed by atoms with van der Waals surface area (Å²) in [6.45, 7) is 2.64. The first kappa shape index (κ1) is 11.3.